The molecule has 0 bridgehead atoms. The number of ether oxygens (including phenoxy) is 1. The van der Waals surface area contributed by atoms with E-state index in [9.17, 15) is 4.79 Å². The molecule has 0 atom stereocenters. The number of likely N-dealkylation sites (N-methyl/N-ethyl adjacent to an activating group) is 1. The average molecular weight is 352 g/mol. The van der Waals surface area contributed by atoms with Crippen LogP contribution in [0.5, 0.6) is 0 Å². The predicted octanol–water partition coefficient (Wildman–Crippen LogP) is 1.51. The Hall–Kier alpha value is -2.02. The summed E-state index contributed by atoms with van der Waals surface area (Å²) in [6.45, 7) is 7.29. The first-order valence-electron chi connectivity index (χ1n) is 8.81. The van der Waals surface area contributed by atoms with Gasteiger partial charge in [0, 0.05) is 46.8 Å². The van der Waals surface area contributed by atoms with Crippen molar-refractivity contribution in [3.8, 4) is 0 Å². The lowest BCUT2D eigenvalue weighted by atomic mass is 10.2. The molecule has 7 nitrogen and oxygen atoms in total. The van der Waals surface area contributed by atoms with E-state index in [0.29, 0.717) is 25.0 Å². The highest BCUT2D eigenvalue weighted by atomic mass is 16.5. The van der Waals surface area contributed by atoms with Gasteiger partial charge in [0.2, 0.25) is 5.91 Å². The highest BCUT2D eigenvalue weighted by Gasteiger charge is 2.05. The van der Waals surface area contributed by atoms with Crippen molar-refractivity contribution in [3.63, 3.8) is 0 Å². The smallest absolute Gasteiger partial charge is 0.243 e. The maximum absolute atomic E-state index is 11.7. The minimum absolute atomic E-state index is 0.0348. The van der Waals surface area contributed by atoms with Gasteiger partial charge in [0.05, 0.1) is 6.26 Å². The Kier molecular flexibility index (Phi) is 10.4. The number of hydrogen-bond donors (Lipinski definition) is 2. The monoisotopic (exact) mass is 352 g/mol. The van der Waals surface area contributed by atoms with Gasteiger partial charge in [-0.25, -0.2) is 4.99 Å². The van der Waals surface area contributed by atoms with Gasteiger partial charge in [-0.1, -0.05) is 13.8 Å². The molecule has 1 aromatic rings. The third-order valence-corrected chi connectivity index (χ3v) is 3.32. The molecular weight excluding hydrogens is 320 g/mol. The molecule has 2 N–H and O–H groups in total. The van der Waals surface area contributed by atoms with Gasteiger partial charge >= 0.3 is 0 Å². The van der Waals surface area contributed by atoms with E-state index in [0.717, 1.165) is 31.8 Å². The van der Waals surface area contributed by atoms with Crippen molar-refractivity contribution < 1.29 is 13.9 Å². The Labute approximate surface area is 150 Å². The fourth-order valence-corrected chi connectivity index (χ4v) is 1.92. The maximum Gasteiger partial charge on any atom is 0.243 e. The standard InChI is InChI=1S/C18H32N4O3/c1-15(2)14-24-11-6-9-19-18(21-13-17(23)22(3)4)20-10-8-16-7-5-12-25-16/h5,7,12,15H,6,8-11,13-14H2,1-4H3,(H2,19,20,21). The van der Waals surface area contributed by atoms with Crippen molar-refractivity contribution in [3.05, 3.63) is 24.2 Å². The van der Waals surface area contributed by atoms with Crippen LogP contribution in [0.3, 0.4) is 0 Å². The second-order valence-corrected chi connectivity index (χ2v) is 6.46. The summed E-state index contributed by atoms with van der Waals surface area (Å²) in [7, 11) is 3.45. The molecule has 0 aliphatic carbocycles. The molecule has 0 aliphatic rings. The van der Waals surface area contributed by atoms with E-state index in [1.54, 1.807) is 20.4 Å². The second-order valence-electron chi connectivity index (χ2n) is 6.46. The highest BCUT2D eigenvalue weighted by Crippen LogP contribution is 1.99. The zero-order valence-corrected chi connectivity index (χ0v) is 15.9. The molecule has 142 valence electrons. The minimum atomic E-state index is -0.0348. The number of nitrogens with one attached hydrogen (secondary N) is 2. The predicted molar refractivity (Wildman–Crippen MR) is 99.7 cm³/mol. The number of aliphatic imine (C=N–C) groups is 1. The molecule has 1 aromatic heterocycles. The number of carbonyl (C=O) groups is 1. The van der Waals surface area contributed by atoms with E-state index < -0.39 is 0 Å². The van der Waals surface area contributed by atoms with Gasteiger partial charge in [-0.15, -0.1) is 0 Å². The molecule has 0 aromatic carbocycles. The molecular formula is C18H32N4O3. The zero-order chi connectivity index (χ0) is 18.5. The van der Waals surface area contributed by atoms with Crippen LogP contribution in [0.15, 0.2) is 27.8 Å². The molecule has 0 unspecified atom stereocenters. The summed E-state index contributed by atoms with van der Waals surface area (Å²) >= 11 is 0. The molecule has 1 amide bonds. The van der Waals surface area contributed by atoms with Crippen molar-refractivity contribution in [1.29, 1.82) is 0 Å². The Morgan fingerprint density at radius 3 is 2.72 bits per heavy atom. The normalized spacial score (nSPS) is 11.6. The molecule has 25 heavy (non-hydrogen) atoms. The van der Waals surface area contributed by atoms with Gasteiger partial charge in [-0.3, -0.25) is 4.79 Å². The minimum Gasteiger partial charge on any atom is -0.469 e. The molecule has 0 fully saturated rings. The first-order valence-corrected chi connectivity index (χ1v) is 8.81. The van der Waals surface area contributed by atoms with Crippen molar-refractivity contribution in [2.45, 2.75) is 26.7 Å². The lowest BCUT2D eigenvalue weighted by Crippen LogP contribution is -2.40. The van der Waals surface area contributed by atoms with E-state index >= 15 is 0 Å². The molecule has 7 heteroatoms. The van der Waals surface area contributed by atoms with Gasteiger partial charge in [-0.2, -0.15) is 0 Å². The van der Waals surface area contributed by atoms with Crippen molar-refractivity contribution >= 4 is 11.9 Å². The van der Waals surface area contributed by atoms with E-state index in [1.165, 1.54) is 4.90 Å². The number of nitrogens with zero attached hydrogens (tertiary/aromatic N) is 2. The number of rotatable bonds is 11. The van der Waals surface area contributed by atoms with Gasteiger partial charge < -0.3 is 24.7 Å². The summed E-state index contributed by atoms with van der Waals surface area (Å²) in [6, 6.07) is 3.81. The number of furan rings is 1. The van der Waals surface area contributed by atoms with Crippen LogP contribution in [-0.4, -0.2) is 63.7 Å². The fourth-order valence-electron chi connectivity index (χ4n) is 1.92. The van der Waals surface area contributed by atoms with E-state index in [1.807, 2.05) is 12.1 Å². The van der Waals surface area contributed by atoms with Crippen LogP contribution >= 0.6 is 0 Å². The van der Waals surface area contributed by atoms with Crippen LogP contribution in [0.2, 0.25) is 0 Å². The number of hydrogen-bond acceptors (Lipinski definition) is 4. The fraction of sp³-hybridized carbons (Fsp3) is 0.667. The molecule has 0 saturated heterocycles. The third-order valence-electron chi connectivity index (χ3n) is 3.32. The first-order chi connectivity index (χ1) is 12.0. The quantitative estimate of drug-likeness (QED) is 0.358. The molecule has 0 saturated carbocycles. The van der Waals surface area contributed by atoms with Crippen LogP contribution < -0.4 is 10.6 Å². The van der Waals surface area contributed by atoms with Crippen LogP contribution in [-0.2, 0) is 16.0 Å². The lowest BCUT2D eigenvalue weighted by Gasteiger charge is -2.14. The van der Waals surface area contributed by atoms with Crippen molar-refractivity contribution in [2.75, 3.05) is 46.9 Å². The zero-order valence-electron chi connectivity index (χ0n) is 15.9. The van der Waals surface area contributed by atoms with Crippen LogP contribution in [0.4, 0.5) is 0 Å². The summed E-state index contributed by atoms with van der Waals surface area (Å²) in [6.07, 6.45) is 3.30. The van der Waals surface area contributed by atoms with Crippen LogP contribution in [0, 0.1) is 5.92 Å². The second kappa shape index (κ2) is 12.4. The molecule has 0 spiro atoms. The van der Waals surface area contributed by atoms with Crippen LogP contribution in [0.25, 0.3) is 0 Å². The summed E-state index contributed by atoms with van der Waals surface area (Å²) < 4.78 is 10.9. The number of guanidine groups is 1. The Morgan fingerprint density at radius 2 is 2.08 bits per heavy atom. The van der Waals surface area contributed by atoms with E-state index in [-0.39, 0.29) is 12.5 Å². The topological polar surface area (TPSA) is 79.1 Å². The highest BCUT2D eigenvalue weighted by molar-refractivity contribution is 5.84. The molecule has 0 radical (unpaired) electrons. The summed E-state index contributed by atoms with van der Waals surface area (Å²) in [4.78, 5) is 17.6. The van der Waals surface area contributed by atoms with Crippen molar-refractivity contribution in [2.24, 2.45) is 10.9 Å². The van der Waals surface area contributed by atoms with Crippen molar-refractivity contribution in [1.82, 2.24) is 15.5 Å². The Morgan fingerprint density at radius 1 is 1.32 bits per heavy atom. The lowest BCUT2D eigenvalue weighted by molar-refractivity contribution is -0.127. The van der Waals surface area contributed by atoms with Gasteiger partial charge in [0.15, 0.2) is 5.96 Å². The van der Waals surface area contributed by atoms with E-state index in [4.69, 9.17) is 9.15 Å². The Balaban J connectivity index is 2.35. The molecule has 1 heterocycles. The first kappa shape index (κ1) is 21.0. The van der Waals surface area contributed by atoms with Crippen LogP contribution in [0.1, 0.15) is 26.0 Å². The summed E-state index contributed by atoms with van der Waals surface area (Å²) in [5.41, 5.74) is 0. The van der Waals surface area contributed by atoms with Gasteiger partial charge in [0.25, 0.3) is 0 Å². The largest absolute Gasteiger partial charge is 0.469 e. The molecule has 0 aliphatic heterocycles. The SMILES string of the molecule is CC(C)COCCCNC(=NCC(=O)N(C)C)NCCc1ccco1. The van der Waals surface area contributed by atoms with Gasteiger partial charge in [0.1, 0.15) is 12.3 Å². The average Bonchev–Trinajstić information content (AvgIpc) is 3.07. The Bertz CT molecular complexity index is 498. The number of carbonyl (C=O) groups excluding carboxylic acids is 1. The molecule has 1 rings (SSSR count). The summed E-state index contributed by atoms with van der Waals surface area (Å²) in [5, 5.41) is 6.47. The number of amides is 1. The summed E-state index contributed by atoms with van der Waals surface area (Å²) in [5.74, 6) is 2.06. The maximum atomic E-state index is 11.7. The van der Waals surface area contributed by atoms with E-state index in [2.05, 4.69) is 29.5 Å². The van der Waals surface area contributed by atoms with Gasteiger partial charge in [-0.05, 0) is 24.5 Å². The third kappa shape index (κ3) is 10.4.